The summed E-state index contributed by atoms with van der Waals surface area (Å²) >= 11 is 0. The molecule has 7 heteroatoms. The monoisotopic (exact) mass is 442 g/mol. The van der Waals surface area contributed by atoms with Crippen LogP contribution in [0.2, 0.25) is 0 Å². The van der Waals surface area contributed by atoms with E-state index in [1.807, 2.05) is 62.4 Å². The van der Waals surface area contributed by atoms with E-state index >= 15 is 0 Å². The van der Waals surface area contributed by atoms with Crippen molar-refractivity contribution in [3.05, 3.63) is 82.7 Å². The minimum atomic E-state index is -0.388. The molecular formula is C26H26N4O3. The second kappa shape index (κ2) is 8.58. The number of aromatic nitrogens is 2. The standard InChI is InChI=1S/C26H26N4O3/c1-3-33-19-13-9-17(10-14-19)24-23-21(5-4-6-22(23)31)29-25-20(15-27-30(24)25)26(32)28-18-11-7-16(2)8-12-18/h7-15,24,29H,3-6H2,1-2H3,(H,28,32)/t24-/m0/s1. The molecule has 2 N–H and O–H groups in total. The lowest BCUT2D eigenvalue weighted by Crippen LogP contribution is -2.32. The smallest absolute Gasteiger partial charge is 0.261 e. The molecule has 1 aliphatic heterocycles. The Morgan fingerprint density at radius 2 is 1.91 bits per heavy atom. The molecule has 0 spiro atoms. The number of ether oxygens (including phenoxy) is 1. The zero-order chi connectivity index (χ0) is 22.9. The summed E-state index contributed by atoms with van der Waals surface area (Å²) in [6.45, 7) is 4.53. The van der Waals surface area contributed by atoms with Crippen molar-refractivity contribution in [2.45, 2.75) is 39.2 Å². The van der Waals surface area contributed by atoms with Gasteiger partial charge in [0, 0.05) is 23.4 Å². The molecular weight excluding hydrogens is 416 g/mol. The van der Waals surface area contributed by atoms with Crippen molar-refractivity contribution in [1.82, 2.24) is 9.78 Å². The molecule has 33 heavy (non-hydrogen) atoms. The van der Waals surface area contributed by atoms with Crippen LogP contribution < -0.4 is 15.4 Å². The summed E-state index contributed by atoms with van der Waals surface area (Å²) in [5, 5.41) is 10.9. The van der Waals surface area contributed by atoms with E-state index in [9.17, 15) is 9.59 Å². The Hall–Kier alpha value is -3.87. The molecule has 7 nitrogen and oxygen atoms in total. The fraction of sp³-hybridized carbons (Fsp3) is 0.269. The minimum absolute atomic E-state index is 0.120. The maximum atomic E-state index is 13.1. The molecule has 0 fully saturated rings. The highest BCUT2D eigenvalue weighted by Crippen LogP contribution is 2.41. The predicted octanol–water partition coefficient (Wildman–Crippen LogP) is 4.86. The molecule has 0 bridgehead atoms. The van der Waals surface area contributed by atoms with Gasteiger partial charge in [-0.15, -0.1) is 0 Å². The summed E-state index contributed by atoms with van der Waals surface area (Å²) in [5.41, 5.74) is 4.82. The first-order valence-electron chi connectivity index (χ1n) is 11.3. The van der Waals surface area contributed by atoms with Crippen LogP contribution >= 0.6 is 0 Å². The van der Waals surface area contributed by atoms with Crippen LogP contribution in [0.1, 0.15) is 53.7 Å². The lowest BCUT2D eigenvalue weighted by Gasteiger charge is -2.33. The molecule has 1 aromatic heterocycles. The minimum Gasteiger partial charge on any atom is -0.494 e. The van der Waals surface area contributed by atoms with Gasteiger partial charge in [0.1, 0.15) is 23.2 Å². The second-order valence-electron chi connectivity index (χ2n) is 8.37. The normalized spacial score (nSPS) is 17.2. The number of amides is 1. The van der Waals surface area contributed by atoms with Gasteiger partial charge in [0.05, 0.1) is 12.8 Å². The number of nitrogens with one attached hydrogen (secondary N) is 2. The number of carbonyl (C=O) groups excluding carboxylic acids is 2. The first-order chi connectivity index (χ1) is 16.0. The highest BCUT2D eigenvalue weighted by Gasteiger charge is 2.37. The predicted molar refractivity (Wildman–Crippen MR) is 127 cm³/mol. The van der Waals surface area contributed by atoms with E-state index in [4.69, 9.17) is 4.74 Å². The number of hydrogen-bond acceptors (Lipinski definition) is 5. The molecule has 0 radical (unpaired) electrons. The van der Waals surface area contributed by atoms with Gasteiger partial charge in [0.15, 0.2) is 5.78 Å². The molecule has 1 atom stereocenters. The van der Waals surface area contributed by atoms with Gasteiger partial charge < -0.3 is 15.4 Å². The van der Waals surface area contributed by atoms with Crippen molar-refractivity contribution in [1.29, 1.82) is 0 Å². The average Bonchev–Trinajstić information content (AvgIpc) is 3.24. The summed E-state index contributed by atoms with van der Waals surface area (Å²) in [6.07, 6.45) is 3.64. The van der Waals surface area contributed by atoms with E-state index < -0.39 is 0 Å². The van der Waals surface area contributed by atoms with Crippen molar-refractivity contribution >= 4 is 23.2 Å². The number of ketones is 1. The molecule has 0 saturated heterocycles. The van der Waals surface area contributed by atoms with E-state index in [-0.39, 0.29) is 17.7 Å². The zero-order valence-corrected chi connectivity index (χ0v) is 18.7. The Balaban J connectivity index is 1.53. The van der Waals surface area contributed by atoms with Crippen molar-refractivity contribution in [3.8, 4) is 5.75 Å². The van der Waals surface area contributed by atoms with Crippen LogP contribution in [0.3, 0.4) is 0 Å². The van der Waals surface area contributed by atoms with Crippen LogP contribution in [0.4, 0.5) is 11.5 Å². The van der Waals surface area contributed by atoms with E-state index in [1.165, 1.54) is 0 Å². The highest BCUT2D eigenvalue weighted by molar-refractivity contribution is 6.08. The molecule has 1 aliphatic carbocycles. The van der Waals surface area contributed by atoms with Crippen LogP contribution in [0.25, 0.3) is 0 Å². The van der Waals surface area contributed by atoms with Crippen LogP contribution in [-0.2, 0) is 4.79 Å². The number of allylic oxidation sites excluding steroid dienone is 2. The Bertz CT molecular complexity index is 1240. The topological polar surface area (TPSA) is 85.2 Å². The molecule has 2 aromatic carbocycles. The number of aryl methyl sites for hydroxylation is 1. The highest BCUT2D eigenvalue weighted by atomic mass is 16.5. The summed E-state index contributed by atoms with van der Waals surface area (Å²) in [7, 11) is 0. The maximum Gasteiger partial charge on any atom is 0.261 e. The Morgan fingerprint density at radius 3 is 2.64 bits per heavy atom. The fourth-order valence-electron chi connectivity index (χ4n) is 4.48. The number of hydrogen-bond donors (Lipinski definition) is 2. The second-order valence-corrected chi connectivity index (χ2v) is 8.37. The summed E-state index contributed by atoms with van der Waals surface area (Å²) in [5.74, 6) is 1.25. The van der Waals surface area contributed by atoms with Crippen LogP contribution in [0, 0.1) is 6.92 Å². The summed E-state index contributed by atoms with van der Waals surface area (Å²) < 4.78 is 7.33. The number of nitrogens with zero attached hydrogens (tertiary/aromatic N) is 2. The van der Waals surface area contributed by atoms with E-state index in [0.29, 0.717) is 24.4 Å². The fourth-order valence-corrected chi connectivity index (χ4v) is 4.48. The van der Waals surface area contributed by atoms with Gasteiger partial charge in [-0.25, -0.2) is 4.68 Å². The van der Waals surface area contributed by atoms with E-state index in [0.717, 1.165) is 46.7 Å². The lowest BCUT2D eigenvalue weighted by atomic mass is 9.85. The van der Waals surface area contributed by atoms with Crippen molar-refractivity contribution in [2.24, 2.45) is 0 Å². The molecule has 168 valence electrons. The average molecular weight is 443 g/mol. The molecule has 0 saturated carbocycles. The third-order valence-electron chi connectivity index (χ3n) is 6.10. The largest absolute Gasteiger partial charge is 0.494 e. The Kier molecular flexibility index (Phi) is 5.46. The number of benzene rings is 2. The Morgan fingerprint density at radius 1 is 1.15 bits per heavy atom. The van der Waals surface area contributed by atoms with E-state index in [2.05, 4.69) is 15.7 Å². The molecule has 1 amide bonds. The van der Waals surface area contributed by atoms with Gasteiger partial charge in [-0.2, -0.15) is 5.10 Å². The number of fused-ring (bicyclic) bond motifs is 1. The van der Waals surface area contributed by atoms with Crippen molar-refractivity contribution in [3.63, 3.8) is 0 Å². The van der Waals surface area contributed by atoms with Crippen molar-refractivity contribution in [2.75, 3.05) is 17.2 Å². The van der Waals surface area contributed by atoms with Gasteiger partial charge in [-0.1, -0.05) is 29.8 Å². The first kappa shape index (κ1) is 21.0. The van der Waals surface area contributed by atoms with E-state index in [1.54, 1.807) is 10.9 Å². The van der Waals surface area contributed by atoms with Crippen LogP contribution in [0.15, 0.2) is 66.0 Å². The summed E-state index contributed by atoms with van der Waals surface area (Å²) in [6, 6.07) is 15.0. The number of Topliss-reactive ketones (excluding diaryl/α,β-unsaturated/α-hetero) is 1. The van der Waals surface area contributed by atoms with Gasteiger partial charge >= 0.3 is 0 Å². The molecule has 3 aromatic rings. The summed E-state index contributed by atoms with van der Waals surface area (Å²) in [4.78, 5) is 26.1. The molecule has 2 heterocycles. The third kappa shape index (κ3) is 3.91. The quantitative estimate of drug-likeness (QED) is 0.589. The molecule has 0 unspecified atom stereocenters. The van der Waals surface area contributed by atoms with Crippen molar-refractivity contribution < 1.29 is 14.3 Å². The number of rotatable bonds is 5. The van der Waals surface area contributed by atoms with Gasteiger partial charge in [0.2, 0.25) is 0 Å². The van der Waals surface area contributed by atoms with Gasteiger partial charge in [0.25, 0.3) is 5.91 Å². The lowest BCUT2D eigenvalue weighted by molar-refractivity contribution is -0.116. The van der Waals surface area contributed by atoms with Crippen LogP contribution in [0.5, 0.6) is 5.75 Å². The van der Waals surface area contributed by atoms with Crippen LogP contribution in [-0.4, -0.2) is 28.1 Å². The zero-order valence-electron chi connectivity index (χ0n) is 18.7. The third-order valence-corrected chi connectivity index (χ3v) is 6.10. The first-order valence-corrected chi connectivity index (χ1v) is 11.3. The van der Waals surface area contributed by atoms with Gasteiger partial charge in [-0.3, -0.25) is 9.59 Å². The number of anilines is 2. The molecule has 2 aliphatic rings. The number of carbonyl (C=O) groups is 2. The Labute approximate surface area is 192 Å². The SMILES string of the molecule is CCOc1ccc([C@H]2C3=C(CCCC3=O)Nc3c(C(=O)Nc4ccc(C)cc4)cnn32)cc1. The van der Waals surface area contributed by atoms with Gasteiger partial charge in [-0.05, 0) is 56.5 Å². The molecule has 5 rings (SSSR count). The maximum absolute atomic E-state index is 13.1.